The maximum absolute atomic E-state index is 13.2. The van der Waals surface area contributed by atoms with Crippen molar-refractivity contribution in [2.24, 2.45) is 5.41 Å². The Bertz CT molecular complexity index is 902. The van der Waals surface area contributed by atoms with E-state index in [1.807, 2.05) is 30.3 Å². The number of piperidine rings is 1. The number of amides is 3. The summed E-state index contributed by atoms with van der Waals surface area (Å²) in [6.45, 7) is 2.66. The summed E-state index contributed by atoms with van der Waals surface area (Å²) in [7, 11) is 0. The molecule has 0 bridgehead atoms. The third-order valence-corrected chi connectivity index (χ3v) is 5.30. The average molecular weight is 419 g/mol. The highest BCUT2D eigenvalue weighted by Crippen LogP contribution is 2.35. The molecule has 0 aliphatic carbocycles. The zero-order chi connectivity index (χ0) is 21.8. The Labute approximate surface area is 173 Å². The van der Waals surface area contributed by atoms with Gasteiger partial charge in [-0.3, -0.25) is 4.79 Å². The molecule has 1 saturated heterocycles. The summed E-state index contributed by atoms with van der Waals surface area (Å²) in [6.07, 6.45) is -3.39. The van der Waals surface area contributed by atoms with E-state index in [0.29, 0.717) is 25.9 Å². The third kappa shape index (κ3) is 5.11. The fraction of sp³-hybridized carbons (Fsp3) is 0.364. The number of urea groups is 1. The van der Waals surface area contributed by atoms with Gasteiger partial charge < -0.3 is 15.5 Å². The maximum Gasteiger partial charge on any atom is 0.418 e. The number of benzene rings is 2. The van der Waals surface area contributed by atoms with E-state index in [4.69, 9.17) is 0 Å². The quantitative estimate of drug-likeness (QED) is 0.758. The standard InChI is InChI=1S/C22H24F3N3O2/c1-21(19(29)26-14-16-8-3-2-4-9-16)12-7-13-28(15-21)20(30)27-18-11-6-5-10-17(18)22(23,24)25/h2-6,8-11H,7,12-15H2,1H3,(H,26,29)(H,27,30). The normalized spacial score (nSPS) is 19.3. The van der Waals surface area contributed by atoms with Crippen molar-refractivity contribution < 1.29 is 22.8 Å². The first-order valence-corrected chi connectivity index (χ1v) is 9.73. The molecule has 5 nitrogen and oxygen atoms in total. The summed E-state index contributed by atoms with van der Waals surface area (Å²) in [4.78, 5) is 26.8. The van der Waals surface area contributed by atoms with Crippen LogP contribution in [-0.4, -0.2) is 29.9 Å². The summed E-state index contributed by atoms with van der Waals surface area (Å²) in [5.74, 6) is -0.181. The Morgan fingerprint density at radius 3 is 2.43 bits per heavy atom. The Morgan fingerprint density at radius 2 is 1.73 bits per heavy atom. The fourth-order valence-corrected chi connectivity index (χ4v) is 3.62. The molecule has 1 fully saturated rings. The topological polar surface area (TPSA) is 61.4 Å². The average Bonchev–Trinajstić information content (AvgIpc) is 2.72. The lowest BCUT2D eigenvalue weighted by atomic mass is 9.81. The van der Waals surface area contributed by atoms with Crippen molar-refractivity contribution >= 4 is 17.6 Å². The molecule has 0 radical (unpaired) electrons. The van der Waals surface area contributed by atoms with Gasteiger partial charge in [-0.15, -0.1) is 0 Å². The minimum atomic E-state index is -4.57. The second kappa shape index (κ2) is 8.77. The first-order valence-electron chi connectivity index (χ1n) is 9.73. The number of likely N-dealkylation sites (tertiary alicyclic amines) is 1. The van der Waals surface area contributed by atoms with Gasteiger partial charge in [0.05, 0.1) is 16.7 Å². The number of carbonyl (C=O) groups excluding carboxylic acids is 2. The van der Waals surface area contributed by atoms with Crippen molar-refractivity contribution in [1.82, 2.24) is 10.2 Å². The number of nitrogens with one attached hydrogen (secondary N) is 2. The van der Waals surface area contributed by atoms with Crippen LogP contribution >= 0.6 is 0 Å². The van der Waals surface area contributed by atoms with Gasteiger partial charge in [0.25, 0.3) is 0 Å². The van der Waals surface area contributed by atoms with E-state index < -0.39 is 23.2 Å². The molecule has 160 valence electrons. The highest BCUT2D eigenvalue weighted by Gasteiger charge is 2.40. The van der Waals surface area contributed by atoms with Crippen LogP contribution in [0.3, 0.4) is 0 Å². The molecule has 8 heteroatoms. The molecule has 2 aromatic carbocycles. The Morgan fingerprint density at radius 1 is 1.07 bits per heavy atom. The molecule has 3 rings (SSSR count). The number of carbonyl (C=O) groups is 2. The molecule has 3 amide bonds. The lowest BCUT2D eigenvalue weighted by Crippen LogP contribution is -2.52. The first kappa shape index (κ1) is 21.7. The van der Waals surface area contributed by atoms with Crippen molar-refractivity contribution in [2.45, 2.75) is 32.5 Å². The van der Waals surface area contributed by atoms with Gasteiger partial charge in [-0.25, -0.2) is 4.79 Å². The zero-order valence-corrected chi connectivity index (χ0v) is 16.6. The lowest BCUT2D eigenvalue weighted by molar-refractivity contribution is -0.137. The van der Waals surface area contributed by atoms with Crippen molar-refractivity contribution in [3.63, 3.8) is 0 Å². The van der Waals surface area contributed by atoms with E-state index in [1.165, 1.54) is 23.1 Å². The number of hydrogen-bond acceptors (Lipinski definition) is 2. The summed E-state index contributed by atoms with van der Waals surface area (Å²) >= 11 is 0. The van der Waals surface area contributed by atoms with Crippen LogP contribution in [0.25, 0.3) is 0 Å². The molecule has 0 saturated carbocycles. The van der Waals surface area contributed by atoms with Gasteiger partial charge in [-0.2, -0.15) is 13.2 Å². The fourth-order valence-electron chi connectivity index (χ4n) is 3.62. The van der Waals surface area contributed by atoms with E-state index >= 15 is 0 Å². The van der Waals surface area contributed by atoms with Crippen LogP contribution in [0.4, 0.5) is 23.7 Å². The van der Waals surface area contributed by atoms with Crippen LogP contribution in [0.1, 0.15) is 30.9 Å². The number of anilines is 1. The van der Waals surface area contributed by atoms with E-state index in [-0.39, 0.29) is 18.1 Å². The lowest BCUT2D eigenvalue weighted by Gasteiger charge is -2.39. The highest BCUT2D eigenvalue weighted by atomic mass is 19.4. The second-order valence-corrected chi connectivity index (χ2v) is 7.73. The van der Waals surface area contributed by atoms with Gasteiger partial charge >= 0.3 is 12.2 Å². The van der Waals surface area contributed by atoms with Gasteiger partial charge in [0.1, 0.15) is 0 Å². The van der Waals surface area contributed by atoms with E-state index in [1.54, 1.807) is 6.92 Å². The van der Waals surface area contributed by atoms with Crippen LogP contribution in [-0.2, 0) is 17.5 Å². The maximum atomic E-state index is 13.2. The Balaban J connectivity index is 1.65. The predicted molar refractivity (Wildman–Crippen MR) is 108 cm³/mol. The molecule has 1 unspecified atom stereocenters. The summed E-state index contributed by atoms with van der Waals surface area (Å²) in [5, 5.41) is 5.26. The SMILES string of the molecule is CC1(C(=O)NCc2ccccc2)CCCN(C(=O)Nc2ccccc2C(F)(F)F)C1. The van der Waals surface area contributed by atoms with E-state index in [9.17, 15) is 22.8 Å². The van der Waals surface area contributed by atoms with Gasteiger partial charge in [0, 0.05) is 19.6 Å². The van der Waals surface area contributed by atoms with Crippen molar-refractivity contribution in [2.75, 3.05) is 18.4 Å². The first-order chi connectivity index (χ1) is 14.2. The van der Waals surface area contributed by atoms with Crippen LogP contribution in [0, 0.1) is 5.41 Å². The number of alkyl halides is 3. The predicted octanol–water partition coefficient (Wildman–Crippen LogP) is 4.66. The van der Waals surface area contributed by atoms with Crippen LogP contribution < -0.4 is 10.6 Å². The summed E-state index contributed by atoms with van der Waals surface area (Å²) in [5.41, 5.74) is -1.05. The number of nitrogens with zero attached hydrogens (tertiary/aromatic N) is 1. The number of halogens is 3. The minimum absolute atomic E-state index is 0.133. The van der Waals surface area contributed by atoms with Crippen molar-refractivity contribution in [1.29, 1.82) is 0 Å². The highest BCUT2D eigenvalue weighted by molar-refractivity contribution is 5.91. The van der Waals surface area contributed by atoms with Crippen LogP contribution in [0.2, 0.25) is 0 Å². The van der Waals surface area contributed by atoms with Gasteiger partial charge in [-0.1, -0.05) is 42.5 Å². The second-order valence-electron chi connectivity index (χ2n) is 7.73. The number of para-hydroxylation sites is 1. The molecule has 2 N–H and O–H groups in total. The zero-order valence-electron chi connectivity index (χ0n) is 16.6. The van der Waals surface area contributed by atoms with Gasteiger partial charge in [-0.05, 0) is 37.5 Å². The van der Waals surface area contributed by atoms with Gasteiger partial charge in [0.15, 0.2) is 0 Å². The van der Waals surface area contributed by atoms with Crippen molar-refractivity contribution in [3.05, 3.63) is 65.7 Å². The molecule has 0 spiro atoms. The molecule has 1 heterocycles. The smallest absolute Gasteiger partial charge is 0.351 e. The monoisotopic (exact) mass is 419 g/mol. The number of rotatable bonds is 4. The van der Waals surface area contributed by atoms with Crippen molar-refractivity contribution in [3.8, 4) is 0 Å². The molecule has 1 atom stereocenters. The number of hydrogen-bond donors (Lipinski definition) is 2. The molecule has 1 aliphatic rings. The molecule has 0 aromatic heterocycles. The minimum Gasteiger partial charge on any atom is -0.351 e. The molecular formula is C22H24F3N3O2. The largest absolute Gasteiger partial charge is 0.418 e. The Hall–Kier alpha value is -3.03. The van der Waals surface area contributed by atoms with Gasteiger partial charge in [0.2, 0.25) is 5.91 Å². The van der Waals surface area contributed by atoms with E-state index in [0.717, 1.165) is 11.6 Å². The summed E-state index contributed by atoms with van der Waals surface area (Å²) in [6, 6.07) is 13.7. The molecule has 1 aliphatic heterocycles. The molecular weight excluding hydrogens is 395 g/mol. The molecule has 30 heavy (non-hydrogen) atoms. The summed E-state index contributed by atoms with van der Waals surface area (Å²) < 4.78 is 39.5. The van der Waals surface area contributed by atoms with Crippen LogP contribution in [0.15, 0.2) is 54.6 Å². The Kier molecular flexibility index (Phi) is 6.34. The van der Waals surface area contributed by atoms with E-state index in [2.05, 4.69) is 10.6 Å². The molecule has 2 aromatic rings. The van der Waals surface area contributed by atoms with Crippen LogP contribution in [0.5, 0.6) is 0 Å². The third-order valence-electron chi connectivity index (χ3n) is 5.30.